The van der Waals surface area contributed by atoms with Crippen LogP contribution in [-0.4, -0.2) is 33.5 Å². The maximum absolute atomic E-state index is 12.8. The summed E-state index contributed by atoms with van der Waals surface area (Å²) >= 11 is 1.65. The normalized spacial score (nSPS) is 12.5. The number of hydrogen-bond donors (Lipinski definition) is 2. The van der Waals surface area contributed by atoms with E-state index in [-0.39, 0.29) is 4.90 Å². The third-order valence-electron chi connectivity index (χ3n) is 5.03. The summed E-state index contributed by atoms with van der Waals surface area (Å²) in [5.41, 5.74) is 3.49. The van der Waals surface area contributed by atoms with Gasteiger partial charge in [-0.15, -0.1) is 16.4 Å². The fourth-order valence-corrected chi connectivity index (χ4v) is 5.98. The lowest BCUT2D eigenvalue weighted by Gasteiger charge is -2.20. The Bertz CT molecular complexity index is 1630. The van der Waals surface area contributed by atoms with Gasteiger partial charge in [0.1, 0.15) is 0 Å². The Balaban J connectivity index is 1.50. The number of thiazole rings is 1. The summed E-state index contributed by atoms with van der Waals surface area (Å²) in [5.74, 6) is 0.425. The highest BCUT2D eigenvalue weighted by Gasteiger charge is 2.22. The van der Waals surface area contributed by atoms with E-state index in [4.69, 9.17) is 0 Å². The molecule has 0 unspecified atom stereocenters. The van der Waals surface area contributed by atoms with Gasteiger partial charge in [-0.05, 0) is 70.2 Å². The van der Waals surface area contributed by atoms with Gasteiger partial charge in [-0.3, -0.25) is 0 Å². The number of benzene rings is 2. The van der Waals surface area contributed by atoms with Gasteiger partial charge >= 0.3 is 0 Å². The molecule has 2 aromatic carbocycles. The van der Waals surface area contributed by atoms with Crippen LogP contribution in [0.5, 0.6) is 0 Å². The van der Waals surface area contributed by atoms with E-state index in [1.807, 2.05) is 64.1 Å². The SMILES string of the molecule is Cc1nc2cc(Nc3ncc4ccc(-c5cccc(S(=O)(=O)NC(C)(C)C)c5)n4n3)ccc2s1. The quantitative estimate of drug-likeness (QED) is 0.352. The predicted molar refractivity (Wildman–Crippen MR) is 136 cm³/mol. The molecule has 0 saturated heterocycles. The molecule has 5 rings (SSSR count). The molecule has 10 heteroatoms. The largest absolute Gasteiger partial charge is 0.323 e. The molecule has 3 heterocycles. The fourth-order valence-electron chi connectivity index (χ4n) is 3.71. The van der Waals surface area contributed by atoms with Crippen molar-refractivity contribution >= 4 is 48.7 Å². The van der Waals surface area contributed by atoms with Crippen molar-refractivity contribution in [1.29, 1.82) is 0 Å². The number of nitrogens with zero attached hydrogens (tertiary/aromatic N) is 4. The fraction of sp³-hybridized carbons (Fsp3) is 0.208. The number of anilines is 2. The molecule has 2 N–H and O–H groups in total. The van der Waals surface area contributed by atoms with Crippen LogP contribution in [0.1, 0.15) is 25.8 Å². The number of sulfonamides is 1. The van der Waals surface area contributed by atoms with Crippen LogP contribution in [0.4, 0.5) is 11.6 Å². The van der Waals surface area contributed by atoms with Crippen LogP contribution in [0.2, 0.25) is 0 Å². The molecule has 0 aliphatic carbocycles. The number of fused-ring (bicyclic) bond motifs is 2. The summed E-state index contributed by atoms with van der Waals surface area (Å²) in [6.07, 6.45) is 1.73. The Kier molecular flexibility index (Phi) is 5.38. The molecule has 0 spiro atoms. The maximum Gasteiger partial charge on any atom is 0.245 e. The van der Waals surface area contributed by atoms with Gasteiger partial charge in [-0.2, -0.15) is 0 Å². The van der Waals surface area contributed by atoms with Gasteiger partial charge in [0.05, 0.1) is 37.5 Å². The molecule has 174 valence electrons. The molecule has 0 radical (unpaired) electrons. The maximum atomic E-state index is 12.8. The van der Waals surface area contributed by atoms with Crippen LogP contribution < -0.4 is 10.0 Å². The Labute approximate surface area is 201 Å². The Hall–Kier alpha value is -3.34. The molecule has 0 fully saturated rings. The molecule has 0 amide bonds. The molecule has 0 atom stereocenters. The van der Waals surface area contributed by atoms with Crippen LogP contribution in [0.25, 0.3) is 27.0 Å². The number of rotatable bonds is 5. The lowest BCUT2D eigenvalue weighted by molar-refractivity contribution is 0.491. The first-order chi connectivity index (χ1) is 16.1. The summed E-state index contributed by atoms with van der Waals surface area (Å²) < 4.78 is 31.2. The average Bonchev–Trinajstić information content (AvgIpc) is 3.34. The molecule has 0 aliphatic rings. The minimum absolute atomic E-state index is 0.203. The van der Waals surface area contributed by atoms with Gasteiger partial charge in [0.15, 0.2) is 0 Å². The molecule has 5 aromatic rings. The number of aryl methyl sites for hydroxylation is 1. The van der Waals surface area contributed by atoms with Gasteiger partial charge < -0.3 is 5.32 Å². The van der Waals surface area contributed by atoms with E-state index in [9.17, 15) is 8.42 Å². The summed E-state index contributed by atoms with van der Waals surface area (Å²) in [5, 5.41) is 8.92. The molecule has 0 saturated carbocycles. The lowest BCUT2D eigenvalue weighted by Crippen LogP contribution is -2.40. The Morgan fingerprint density at radius 3 is 2.65 bits per heavy atom. The third-order valence-corrected chi connectivity index (χ3v) is 7.74. The van der Waals surface area contributed by atoms with E-state index < -0.39 is 15.6 Å². The summed E-state index contributed by atoms with van der Waals surface area (Å²) in [4.78, 5) is 9.17. The van der Waals surface area contributed by atoms with Crippen molar-refractivity contribution in [2.75, 3.05) is 5.32 Å². The topological polar surface area (TPSA) is 101 Å². The van der Waals surface area contributed by atoms with Crippen LogP contribution in [0.15, 0.2) is 65.7 Å². The zero-order valence-corrected chi connectivity index (χ0v) is 20.8. The first kappa shape index (κ1) is 22.5. The summed E-state index contributed by atoms with van der Waals surface area (Å²) in [7, 11) is -3.66. The molecule has 0 aliphatic heterocycles. The zero-order chi connectivity index (χ0) is 24.1. The third kappa shape index (κ3) is 4.52. The van der Waals surface area contributed by atoms with Crippen molar-refractivity contribution in [3.63, 3.8) is 0 Å². The molecular formula is C24H24N6O2S2. The standard InChI is InChI=1S/C24H24N6O2S2/c1-15-26-20-13-17(8-11-22(20)33-15)27-23-25-14-18-9-10-21(30(18)28-23)16-6-5-7-19(12-16)34(31,32)29-24(2,3)4/h5-14,29H,1-4H3,(H,27,28). The van der Waals surface area contributed by atoms with Crippen molar-refractivity contribution in [2.45, 2.75) is 38.1 Å². The zero-order valence-electron chi connectivity index (χ0n) is 19.2. The van der Waals surface area contributed by atoms with Crippen LogP contribution in [0, 0.1) is 6.92 Å². The predicted octanol–water partition coefficient (Wildman–Crippen LogP) is 5.13. The minimum atomic E-state index is -3.66. The van der Waals surface area contributed by atoms with Crippen LogP contribution in [0.3, 0.4) is 0 Å². The van der Waals surface area contributed by atoms with Crippen LogP contribution >= 0.6 is 11.3 Å². The van der Waals surface area contributed by atoms with Crippen molar-refractivity contribution in [3.05, 3.63) is 65.8 Å². The van der Waals surface area contributed by atoms with E-state index in [0.717, 1.165) is 37.7 Å². The van der Waals surface area contributed by atoms with Gasteiger partial charge in [0.25, 0.3) is 0 Å². The van der Waals surface area contributed by atoms with Crippen molar-refractivity contribution in [3.8, 4) is 11.3 Å². The minimum Gasteiger partial charge on any atom is -0.323 e. The van der Waals surface area contributed by atoms with Gasteiger partial charge in [-0.25, -0.2) is 27.6 Å². The van der Waals surface area contributed by atoms with Gasteiger partial charge in [0.2, 0.25) is 16.0 Å². The van der Waals surface area contributed by atoms with Crippen molar-refractivity contribution in [2.24, 2.45) is 0 Å². The van der Waals surface area contributed by atoms with Gasteiger partial charge in [-0.1, -0.05) is 12.1 Å². The summed E-state index contributed by atoms with van der Waals surface area (Å²) in [6, 6.07) is 16.6. The van der Waals surface area contributed by atoms with E-state index in [1.165, 1.54) is 0 Å². The van der Waals surface area contributed by atoms with Crippen molar-refractivity contribution < 1.29 is 8.42 Å². The molecule has 3 aromatic heterocycles. The second kappa shape index (κ2) is 8.15. The molecular weight excluding hydrogens is 468 g/mol. The lowest BCUT2D eigenvalue weighted by atomic mass is 10.1. The number of hydrogen-bond acceptors (Lipinski definition) is 7. The van der Waals surface area contributed by atoms with E-state index in [2.05, 4.69) is 25.1 Å². The Morgan fingerprint density at radius 1 is 1.03 bits per heavy atom. The highest BCUT2D eigenvalue weighted by Crippen LogP contribution is 2.27. The van der Waals surface area contributed by atoms with Crippen molar-refractivity contribution in [1.82, 2.24) is 24.3 Å². The second-order valence-electron chi connectivity index (χ2n) is 9.06. The van der Waals surface area contributed by atoms with Gasteiger partial charge in [0, 0.05) is 16.8 Å². The highest BCUT2D eigenvalue weighted by molar-refractivity contribution is 7.89. The highest BCUT2D eigenvalue weighted by atomic mass is 32.2. The van der Waals surface area contributed by atoms with E-state index in [0.29, 0.717) is 5.95 Å². The Morgan fingerprint density at radius 2 is 1.85 bits per heavy atom. The summed E-state index contributed by atoms with van der Waals surface area (Å²) in [6.45, 7) is 7.43. The first-order valence-electron chi connectivity index (χ1n) is 10.7. The molecule has 34 heavy (non-hydrogen) atoms. The smallest absolute Gasteiger partial charge is 0.245 e. The second-order valence-corrected chi connectivity index (χ2v) is 12.0. The average molecular weight is 493 g/mol. The molecule has 8 nitrogen and oxygen atoms in total. The van der Waals surface area contributed by atoms with E-state index in [1.54, 1.807) is 40.2 Å². The first-order valence-corrected chi connectivity index (χ1v) is 13.0. The number of aromatic nitrogens is 4. The monoisotopic (exact) mass is 492 g/mol. The number of nitrogens with one attached hydrogen (secondary N) is 2. The van der Waals surface area contributed by atoms with Crippen LogP contribution in [-0.2, 0) is 10.0 Å². The van der Waals surface area contributed by atoms with E-state index >= 15 is 0 Å². The molecule has 0 bridgehead atoms.